The lowest BCUT2D eigenvalue weighted by atomic mass is 10.1. The predicted octanol–water partition coefficient (Wildman–Crippen LogP) is 6.02. The van der Waals surface area contributed by atoms with Crippen LogP contribution in [0.2, 0.25) is 0 Å². The summed E-state index contributed by atoms with van der Waals surface area (Å²) in [6, 6.07) is 10.3. The van der Waals surface area contributed by atoms with Crippen LogP contribution >= 0.6 is 0 Å². The molecule has 0 aliphatic rings. The lowest BCUT2D eigenvalue weighted by Gasteiger charge is -2.29. The number of rotatable bonds is 8. The highest BCUT2D eigenvalue weighted by molar-refractivity contribution is 5.48. The minimum Gasteiger partial charge on any atom is -0.340 e. The van der Waals surface area contributed by atoms with E-state index in [1.165, 1.54) is 18.4 Å². The summed E-state index contributed by atoms with van der Waals surface area (Å²) in [5.74, 6) is 0. The molecule has 0 fully saturated rings. The Labute approximate surface area is 158 Å². The zero-order valence-corrected chi connectivity index (χ0v) is 18.4. The Morgan fingerprint density at radius 2 is 1.36 bits per heavy atom. The van der Waals surface area contributed by atoms with Gasteiger partial charge in [0.25, 0.3) is 0 Å². The van der Waals surface area contributed by atoms with Crippen molar-refractivity contribution in [2.24, 2.45) is 0 Å². The van der Waals surface area contributed by atoms with E-state index in [0.717, 1.165) is 25.9 Å². The van der Waals surface area contributed by atoms with Gasteiger partial charge in [0, 0.05) is 13.6 Å². The van der Waals surface area contributed by atoms with Crippen molar-refractivity contribution < 1.29 is 4.79 Å². The third-order valence-corrected chi connectivity index (χ3v) is 3.43. The first-order chi connectivity index (χ1) is 12.1. The molecule has 0 spiro atoms. The molecule has 1 unspecified atom stereocenters. The highest BCUT2D eigenvalue weighted by Gasteiger charge is 2.17. The van der Waals surface area contributed by atoms with E-state index in [9.17, 15) is 4.79 Å². The summed E-state index contributed by atoms with van der Waals surface area (Å²) in [6.45, 7) is 16.4. The van der Waals surface area contributed by atoms with Crippen molar-refractivity contribution in [3.05, 3.63) is 35.9 Å². The van der Waals surface area contributed by atoms with Crippen LogP contribution in [0.5, 0.6) is 0 Å². The summed E-state index contributed by atoms with van der Waals surface area (Å²) in [7, 11) is 3.93. The largest absolute Gasteiger partial charge is 0.340 e. The molecule has 0 radical (unpaired) electrons. The highest BCUT2D eigenvalue weighted by atomic mass is 16.1. The van der Waals surface area contributed by atoms with Crippen molar-refractivity contribution >= 4 is 6.41 Å². The Morgan fingerprint density at radius 3 is 1.72 bits per heavy atom. The van der Waals surface area contributed by atoms with Crippen molar-refractivity contribution in [2.45, 2.75) is 73.8 Å². The Hall–Kier alpha value is -1.35. The summed E-state index contributed by atoms with van der Waals surface area (Å²) < 4.78 is 0. The van der Waals surface area contributed by atoms with E-state index < -0.39 is 0 Å². The van der Waals surface area contributed by atoms with Gasteiger partial charge in [0.05, 0.1) is 6.04 Å². The zero-order chi connectivity index (χ0) is 20.1. The van der Waals surface area contributed by atoms with Crippen LogP contribution in [0.4, 0.5) is 0 Å². The quantitative estimate of drug-likeness (QED) is 0.534. The molecule has 0 saturated heterocycles. The van der Waals surface area contributed by atoms with Gasteiger partial charge in [0.2, 0.25) is 6.41 Å². The smallest absolute Gasteiger partial charge is 0.210 e. The number of carbonyl (C=O) groups excluding carboxylic acids is 1. The van der Waals surface area contributed by atoms with Gasteiger partial charge >= 0.3 is 0 Å². The predicted molar refractivity (Wildman–Crippen MR) is 114 cm³/mol. The second kappa shape index (κ2) is 22.6. The molecule has 1 atom stereocenters. The fourth-order valence-electron chi connectivity index (χ4n) is 1.99. The van der Waals surface area contributed by atoms with E-state index in [0.29, 0.717) is 0 Å². The number of unbranched alkanes of at least 4 members (excludes halogenated alkanes) is 1. The molecule has 1 rings (SSSR count). The Balaban J connectivity index is -0.000000518. The van der Waals surface area contributed by atoms with Crippen LogP contribution in [0.1, 0.15) is 79.3 Å². The van der Waals surface area contributed by atoms with Gasteiger partial charge in [-0.2, -0.15) is 0 Å². The summed E-state index contributed by atoms with van der Waals surface area (Å²) in [6.07, 6.45) is 4.67. The lowest BCUT2D eigenvalue weighted by Crippen LogP contribution is -2.34. The Bertz CT molecular complexity index is 352. The fourth-order valence-corrected chi connectivity index (χ4v) is 1.99. The number of benzene rings is 1. The van der Waals surface area contributed by atoms with Gasteiger partial charge in [-0.1, -0.05) is 91.6 Å². The van der Waals surface area contributed by atoms with Crippen molar-refractivity contribution in [2.75, 3.05) is 27.2 Å². The van der Waals surface area contributed by atoms with Gasteiger partial charge in [-0.05, 0) is 25.6 Å². The van der Waals surface area contributed by atoms with Crippen LogP contribution in [-0.2, 0) is 4.79 Å². The third-order valence-electron chi connectivity index (χ3n) is 3.43. The second-order valence-corrected chi connectivity index (χ2v) is 5.46. The number of hydrogen-bond acceptors (Lipinski definition) is 2. The first-order valence-electron chi connectivity index (χ1n) is 10.0. The summed E-state index contributed by atoms with van der Waals surface area (Å²) in [5.41, 5.74) is 1.19. The average Bonchev–Trinajstić information content (AvgIpc) is 2.69. The van der Waals surface area contributed by atoms with E-state index >= 15 is 0 Å². The molecule has 0 N–H and O–H groups in total. The lowest BCUT2D eigenvalue weighted by molar-refractivity contribution is -0.119. The molecule has 1 amide bonds. The van der Waals surface area contributed by atoms with Crippen molar-refractivity contribution in [1.82, 2.24) is 9.80 Å². The van der Waals surface area contributed by atoms with Crippen LogP contribution in [0.15, 0.2) is 30.3 Å². The monoisotopic (exact) mass is 352 g/mol. The van der Waals surface area contributed by atoms with E-state index in [1.807, 2.05) is 52.9 Å². The minimum absolute atomic E-state index is 0.130. The van der Waals surface area contributed by atoms with Crippen molar-refractivity contribution in [3.63, 3.8) is 0 Å². The number of likely N-dealkylation sites (N-methyl/N-ethyl adjacent to an activating group) is 2. The van der Waals surface area contributed by atoms with Crippen LogP contribution < -0.4 is 0 Å². The molecule has 25 heavy (non-hydrogen) atoms. The average molecular weight is 353 g/mol. The molecule has 0 aliphatic heterocycles. The van der Waals surface area contributed by atoms with Gasteiger partial charge in [-0.15, -0.1) is 0 Å². The molecular formula is C22H44N2O. The third kappa shape index (κ3) is 15.9. The van der Waals surface area contributed by atoms with E-state index in [-0.39, 0.29) is 6.04 Å². The Kier molecular flexibility index (Phi) is 25.8. The van der Waals surface area contributed by atoms with E-state index in [2.05, 4.69) is 44.9 Å². The summed E-state index contributed by atoms with van der Waals surface area (Å²) in [4.78, 5) is 15.0. The van der Waals surface area contributed by atoms with Crippen LogP contribution in [0, 0.1) is 0 Å². The minimum atomic E-state index is 0.130. The standard InChI is InChI=1S/C14H22N2O.C4H10.2C2H6/c1-4-10-15(2)11-14(16(3)12-17)13-8-6-5-7-9-13;1-3-4-2;2*1-2/h5-9,12,14H,4,10-11H2,1-3H3;3-4H2,1-2H3;2*1-2H3. The maximum Gasteiger partial charge on any atom is 0.210 e. The van der Waals surface area contributed by atoms with Gasteiger partial charge in [0.1, 0.15) is 0 Å². The summed E-state index contributed by atoms with van der Waals surface area (Å²) in [5, 5.41) is 0. The fraction of sp³-hybridized carbons (Fsp3) is 0.682. The van der Waals surface area contributed by atoms with Gasteiger partial charge in [-0.3, -0.25) is 4.79 Å². The first kappa shape index (κ1) is 28.5. The maximum atomic E-state index is 11.0. The van der Waals surface area contributed by atoms with Crippen LogP contribution in [0.25, 0.3) is 0 Å². The molecule has 0 saturated carbocycles. The molecule has 3 nitrogen and oxygen atoms in total. The number of amides is 1. The molecule has 148 valence electrons. The van der Waals surface area contributed by atoms with Gasteiger partial charge in [-0.25, -0.2) is 0 Å². The Morgan fingerprint density at radius 1 is 0.880 bits per heavy atom. The highest BCUT2D eigenvalue weighted by Crippen LogP contribution is 2.18. The second-order valence-electron chi connectivity index (χ2n) is 5.46. The molecular weight excluding hydrogens is 308 g/mol. The normalized spacial score (nSPS) is 10.2. The van der Waals surface area contributed by atoms with Gasteiger partial charge in [0.15, 0.2) is 0 Å². The van der Waals surface area contributed by atoms with Crippen molar-refractivity contribution in [3.8, 4) is 0 Å². The van der Waals surface area contributed by atoms with Crippen LogP contribution in [-0.4, -0.2) is 43.4 Å². The van der Waals surface area contributed by atoms with Crippen LogP contribution in [0.3, 0.4) is 0 Å². The topological polar surface area (TPSA) is 23.6 Å². The molecule has 0 bridgehead atoms. The van der Waals surface area contributed by atoms with E-state index in [4.69, 9.17) is 0 Å². The first-order valence-corrected chi connectivity index (χ1v) is 10.0. The molecule has 0 heterocycles. The molecule has 0 aliphatic carbocycles. The zero-order valence-electron chi connectivity index (χ0n) is 18.4. The van der Waals surface area contributed by atoms with Crippen molar-refractivity contribution in [1.29, 1.82) is 0 Å². The number of carbonyl (C=O) groups is 1. The molecule has 3 heteroatoms. The molecule has 1 aromatic carbocycles. The molecule has 1 aromatic rings. The summed E-state index contributed by atoms with van der Waals surface area (Å²) >= 11 is 0. The SMILES string of the molecule is CC.CC.CCCC.CCCN(C)CC(c1ccccc1)N(C)C=O. The number of hydrogen-bond donors (Lipinski definition) is 0. The number of nitrogens with zero attached hydrogens (tertiary/aromatic N) is 2. The maximum absolute atomic E-state index is 11.0. The van der Waals surface area contributed by atoms with Gasteiger partial charge < -0.3 is 9.80 Å². The molecule has 0 aromatic heterocycles. The van der Waals surface area contributed by atoms with E-state index in [1.54, 1.807) is 4.90 Å².